The van der Waals surface area contributed by atoms with Gasteiger partial charge in [0.1, 0.15) is 0 Å². The molecule has 1 aromatic heterocycles. The summed E-state index contributed by atoms with van der Waals surface area (Å²) in [6.45, 7) is 10.6. The zero-order chi connectivity index (χ0) is 16.3. The van der Waals surface area contributed by atoms with Gasteiger partial charge in [-0.2, -0.15) is 0 Å². The molecule has 2 heterocycles. The maximum atomic E-state index is 12.6. The van der Waals surface area contributed by atoms with Crippen molar-refractivity contribution < 1.29 is 4.79 Å². The minimum atomic E-state index is 0. The fourth-order valence-corrected chi connectivity index (χ4v) is 4.30. The molecule has 1 fully saturated rings. The van der Waals surface area contributed by atoms with Crippen LogP contribution < -0.4 is 5.32 Å². The van der Waals surface area contributed by atoms with Gasteiger partial charge in [-0.3, -0.25) is 4.79 Å². The molecule has 3 unspecified atom stereocenters. The van der Waals surface area contributed by atoms with Gasteiger partial charge in [-0.15, -0.1) is 36.2 Å². The van der Waals surface area contributed by atoms with E-state index < -0.39 is 0 Å². The van der Waals surface area contributed by atoms with Crippen molar-refractivity contribution in [1.82, 2.24) is 15.2 Å². The second-order valence-corrected chi connectivity index (χ2v) is 7.89. The molecule has 4 nitrogen and oxygen atoms in total. The summed E-state index contributed by atoms with van der Waals surface area (Å²) in [5.74, 6) is 1.32. The topological polar surface area (TPSA) is 45.2 Å². The van der Waals surface area contributed by atoms with E-state index in [9.17, 15) is 4.79 Å². The zero-order valence-electron chi connectivity index (χ0n) is 15.3. The predicted octanol–water partition coefficient (Wildman–Crippen LogP) is 4.15. The summed E-state index contributed by atoms with van der Waals surface area (Å²) in [5.41, 5.74) is 1.05. The number of halogens is 2. The van der Waals surface area contributed by atoms with Gasteiger partial charge in [0.2, 0.25) is 5.91 Å². The van der Waals surface area contributed by atoms with Gasteiger partial charge < -0.3 is 10.2 Å². The van der Waals surface area contributed by atoms with Crippen molar-refractivity contribution >= 4 is 42.1 Å². The number of amides is 1. The van der Waals surface area contributed by atoms with E-state index in [-0.39, 0.29) is 36.8 Å². The van der Waals surface area contributed by atoms with Crippen LogP contribution in [0.2, 0.25) is 0 Å². The number of hydrogen-bond donors (Lipinski definition) is 1. The molecule has 3 atom stereocenters. The van der Waals surface area contributed by atoms with Crippen LogP contribution in [0, 0.1) is 25.7 Å². The standard InChI is InChI=1S/C17H29N3OS.2ClH/c1-11(15-7-6-8-18-10-15)9-16(21)20(5)13(3)17-12(2)19-14(4)22-17;;/h11,13,15,18H,6-10H2,1-5H3;2*1H. The molecule has 1 N–H and O–H groups in total. The third kappa shape index (κ3) is 5.87. The molecule has 1 aromatic rings. The van der Waals surface area contributed by atoms with Crippen molar-refractivity contribution in [2.75, 3.05) is 20.1 Å². The Kier molecular flexibility index (Phi) is 10.4. The Bertz CT molecular complexity index is 518. The molecule has 0 saturated carbocycles. The van der Waals surface area contributed by atoms with Crippen LogP contribution in [0.3, 0.4) is 0 Å². The van der Waals surface area contributed by atoms with Crippen molar-refractivity contribution in [2.24, 2.45) is 11.8 Å². The largest absolute Gasteiger partial charge is 0.338 e. The number of nitrogens with zero attached hydrogens (tertiary/aromatic N) is 2. The molecule has 1 saturated heterocycles. The maximum Gasteiger partial charge on any atom is 0.223 e. The number of aryl methyl sites for hydroxylation is 2. The molecule has 7 heteroatoms. The Hall–Kier alpha value is -0.360. The molecule has 140 valence electrons. The van der Waals surface area contributed by atoms with Crippen LogP contribution in [-0.2, 0) is 4.79 Å². The molecule has 24 heavy (non-hydrogen) atoms. The van der Waals surface area contributed by atoms with E-state index in [1.54, 1.807) is 11.3 Å². The maximum absolute atomic E-state index is 12.6. The smallest absolute Gasteiger partial charge is 0.223 e. The first kappa shape index (κ1) is 23.6. The summed E-state index contributed by atoms with van der Waals surface area (Å²) in [7, 11) is 1.92. The lowest BCUT2D eigenvalue weighted by atomic mass is 9.85. The fourth-order valence-electron chi connectivity index (χ4n) is 3.28. The molecule has 0 bridgehead atoms. The summed E-state index contributed by atoms with van der Waals surface area (Å²) >= 11 is 1.70. The van der Waals surface area contributed by atoms with Crippen LogP contribution >= 0.6 is 36.2 Å². The number of carbonyl (C=O) groups is 1. The van der Waals surface area contributed by atoms with Crippen LogP contribution in [0.4, 0.5) is 0 Å². The first-order valence-electron chi connectivity index (χ1n) is 8.30. The monoisotopic (exact) mass is 395 g/mol. The minimum absolute atomic E-state index is 0. The molecule has 0 aromatic carbocycles. The molecule has 1 aliphatic heterocycles. The number of aromatic nitrogens is 1. The van der Waals surface area contributed by atoms with Gasteiger partial charge in [0.05, 0.1) is 16.7 Å². The van der Waals surface area contributed by atoms with Crippen molar-refractivity contribution in [2.45, 2.75) is 53.0 Å². The Morgan fingerprint density at radius 2 is 2.04 bits per heavy atom. The highest BCUT2D eigenvalue weighted by Gasteiger charge is 2.26. The second-order valence-electron chi connectivity index (χ2n) is 6.65. The SMILES string of the molecule is Cc1nc(C)c(C(C)N(C)C(=O)CC(C)C2CCCNC2)s1.Cl.Cl. The third-order valence-corrected chi connectivity index (χ3v) is 6.17. The number of rotatable bonds is 5. The summed E-state index contributed by atoms with van der Waals surface area (Å²) in [5, 5.41) is 4.52. The van der Waals surface area contributed by atoms with Gasteiger partial charge in [0.25, 0.3) is 0 Å². The Morgan fingerprint density at radius 3 is 2.54 bits per heavy atom. The van der Waals surface area contributed by atoms with Gasteiger partial charge in [-0.1, -0.05) is 6.92 Å². The zero-order valence-corrected chi connectivity index (χ0v) is 17.7. The van der Waals surface area contributed by atoms with E-state index in [0.717, 1.165) is 23.8 Å². The average Bonchev–Trinajstić information content (AvgIpc) is 2.85. The molecule has 2 rings (SSSR count). The lowest BCUT2D eigenvalue weighted by molar-refractivity contribution is -0.133. The first-order valence-corrected chi connectivity index (χ1v) is 9.12. The lowest BCUT2D eigenvalue weighted by Crippen LogP contribution is -2.36. The molecular formula is C17H31Cl2N3OS. The number of nitrogens with one attached hydrogen (secondary N) is 1. The van der Waals surface area contributed by atoms with Gasteiger partial charge >= 0.3 is 0 Å². The quantitative estimate of drug-likeness (QED) is 0.813. The molecule has 1 amide bonds. The van der Waals surface area contributed by atoms with E-state index in [1.807, 2.05) is 25.8 Å². The van der Waals surface area contributed by atoms with Crippen molar-refractivity contribution in [3.8, 4) is 0 Å². The summed E-state index contributed by atoms with van der Waals surface area (Å²) in [6, 6.07) is 0.107. The van der Waals surface area contributed by atoms with E-state index >= 15 is 0 Å². The highest BCUT2D eigenvalue weighted by Crippen LogP contribution is 2.30. The highest BCUT2D eigenvalue weighted by molar-refractivity contribution is 7.11. The van der Waals surface area contributed by atoms with Crippen LogP contribution in [0.1, 0.15) is 54.7 Å². The lowest BCUT2D eigenvalue weighted by Gasteiger charge is -2.30. The molecule has 1 aliphatic rings. The highest BCUT2D eigenvalue weighted by atomic mass is 35.5. The third-order valence-electron chi connectivity index (χ3n) is 4.93. The van der Waals surface area contributed by atoms with E-state index in [2.05, 4.69) is 24.1 Å². The molecular weight excluding hydrogens is 365 g/mol. The van der Waals surface area contributed by atoms with Crippen LogP contribution in [0.15, 0.2) is 0 Å². The number of carbonyl (C=O) groups excluding carboxylic acids is 1. The van der Waals surface area contributed by atoms with Crippen LogP contribution in [-0.4, -0.2) is 35.9 Å². The molecule has 0 spiro atoms. The normalized spacial score (nSPS) is 19.6. The Morgan fingerprint density at radius 1 is 1.38 bits per heavy atom. The van der Waals surface area contributed by atoms with E-state index in [1.165, 1.54) is 17.7 Å². The van der Waals surface area contributed by atoms with Crippen molar-refractivity contribution in [3.63, 3.8) is 0 Å². The molecule has 0 aliphatic carbocycles. The Balaban J connectivity index is 0.00000264. The summed E-state index contributed by atoms with van der Waals surface area (Å²) < 4.78 is 0. The average molecular weight is 396 g/mol. The predicted molar refractivity (Wildman–Crippen MR) is 107 cm³/mol. The van der Waals surface area contributed by atoms with Gasteiger partial charge in [0.15, 0.2) is 0 Å². The van der Waals surface area contributed by atoms with Gasteiger partial charge in [-0.05, 0) is 58.5 Å². The minimum Gasteiger partial charge on any atom is -0.338 e. The summed E-state index contributed by atoms with van der Waals surface area (Å²) in [6.07, 6.45) is 3.12. The number of thiazole rings is 1. The van der Waals surface area contributed by atoms with Crippen LogP contribution in [0.5, 0.6) is 0 Å². The molecule has 0 radical (unpaired) electrons. The van der Waals surface area contributed by atoms with E-state index in [0.29, 0.717) is 18.3 Å². The van der Waals surface area contributed by atoms with Crippen molar-refractivity contribution in [1.29, 1.82) is 0 Å². The first-order chi connectivity index (χ1) is 10.4. The fraction of sp³-hybridized carbons (Fsp3) is 0.765. The summed E-state index contributed by atoms with van der Waals surface area (Å²) in [4.78, 5) is 20.2. The van der Waals surface area contributed by atoms with Crippen LogP contribution in [0.25, 0.3) is 0 Å². The number of hydrogen-bond acceptors (Lipinski definition) is 4. The second kappa shape index (κ2) is 10.6. The van der Waals surface area contributed by atoms with Gasteiger partial charge in [0, 0.05) is 18.3 Å². The van der Waals surface area contributed by atoms with E-state index in [4.69, 9.17) is 0 Å². The number of piperidine rings is 1. The Labute approximate surface area is 162 Å². The van der Waals surface area contributed by atoms with Gasteiger partial charge in [-0.25, -0.2) is 4.98 Å². The van der Waals surface area contributed by atoms with Crippen molar-refractivity contribution in [3.05, 3.63) is 15.6 Å².